The summed E-state index contributed by atoms with van der Waals surface area (Å²) < 4.78 is 2.97. The molecule has 26 heavy (non-hydrogen) atoms. The first-order valence-electron chi connectivity index (χ1n) is 8.21. The zero-order valence-electron chi connectivity index (χ0n) is 13.8. The van der Waals surface area contributed by atoms with Crippen molar-refractivity contribution >= 4 is 27.5 Å². The molecular formula is C19H16BrN5O. The monoisotopic (exact) mass is 409 g/mol. The van der Waals surface area contributed by atoms with E-state index in [0.29, 0.717) is 18.7 Å². The van der Waals surface area contributed by atoms with Crippen LogP contribution in [-0.2, 0) is 6.42 Å². The van der Waals surface area contributed by atoms with Crippen LogP contribution in [-0.4, -0.2) is 32.0 Å². The standard InChI is InChI=1S/C19H16BrN5O/c20-14-6-4-13(5-7-14)16-11-17(24-23-16)19(26)21-9-8-15-12-25-10-2-1-3-18(25)22-15/h1-7,10-12H,8-9H2,(H,21,26)(H,23,24). The summed E-state index contributed by atoms with van der Waals surface area (Å²) in [5, 5.41) is 9.91. The third-order valence-electron chi connectivity index (χ3n) is 4.04. The summed E-state index contributed by atoms with van der Waals surface area (Å²) in [5.74, 6) is -0.176. The van der Waals surface area contributed by atoms with E-state index in [9.17, 15) is 4.79 Å². The molecule has 1 amide bonds. The summed E-state index contributed by atoms with van der Waals surface area (Å²) >= 11 is 3.41. The third-order valence-corrected chi connectivity index (χ3v) is 4.57. The van der Waals surface area contributed by atoms with Crippen molar-refractivity contribution in [1.29, 1.82) is 0 Å². The largest absolute Gasteiger partial charge is 0.350 e. The van der Waals surface area contributed by atoms with Crippen LogP contribution in [0.5, 0.6) is 0 Å². The van der Waals surface area contributed by atoms with Crippen LogP contribution >= 0.6 is 15.9 Å². The van der Waals surface area contributed by atoms with Gasteiger partial charge in [-0.05, 0) is 30.3 Å². The minimum Gasteiger partial charge on any atom is -0.350 e. The van der Waals surface area contributed by atoms with Gasteiger partial charge < -0.3 is 9.72 Å². The van der Waals surface area contributed by atoms with Crippen LogP contribution in [0, 0.1) is 0 Å². The maximum Gasteiger partial charge on any atom is 0.269 e. The summed E-state index contributed by atoms with van der Waals surface area (Å²) in [6, 6.07) is 15.4. The normalized spacial score (nSPS) is 11.0. The molecule has 7 heteroatoms. The quantitative estimate of drug-likeness (QED) is 0.529. The molecule has 0 bridgehead atoms. The van der Waals surface area contributed by atoms with Crippen LogP contribution < -0.4 is 5.32 Å². The van der Waals surface area contributed by atoms with E-state index < -0.39 is 0 Å². The molecule has 1 aromatic carbocycles. The fourth-order valence-electron chi connectivity index (χ4n) is 2.71. The fourth-order valence-corrected chi connectivity index (χ4v) is 2.98. The number of H-pyrrole nitrogens is 1. The van der Waals surface area contributed by atoms with Crippen LogP contribution in [0.2, 0.25) is 0 Å². The molecule has 0 aliphatic carbocycles. The van der Waals surface area contributed by atoms with Gasteiger partial charge in [-0.2, -0.15) is 5.10 Å². The van der Waals surface area contributed by atoms with Gasteiger partial charge in [0.2, 0.25) is 0 Å². The van der Waals surface area contributed by atoms with Crippen LogP contribution in [0.4, 0.5) is 0 Å². The summed E-state index contributed by atoms with van der Waals surface area (Å²) in [4.78, 5) is 16.8. The molecule has 0 unspecified atom stereocenters. The summed E-state index contributed by atoms with van der Waals surface area (Å²) in [7, 11) is 0. The van der Waals surface area contributed by atoms with Gasteiger partial charge in [-0.15, -0.1) is 0 Å². The van der Waals surface area contributed by atoms with Gasteiger partial charge in [0.05, 0.1) is 11.4 Å². The summed E-state index contributed by atoms with van der Waals surface area (Å²) in [6.45, 7) is 0.509. The average Bonchev–Trinajstić information content (AvgIpc) is 3.29. The third kappa shape index (κ3) is 3.52. The Morgan fingerprint density at radius 2 is 2.04 bits per heavy atom. The second-order valence-electron chi connectivity index (χ2n) is 5.88. The van der Waals surface area contributed by atoms with Crippen molar-refractivity contribution in [3.05, 3.63) is 76.8 Å². The number of fused-ring (bicyclic) bond motifs is 1. The first-order chi connectivity index (χ1) is 12.7. The molecule has 0 spiro atoms. The van der Waals surface area contributed by atoms with E-state index in [1.54, 1.807) is 6.07 Å². The number of benzene rings is 1. The Bertz CT molecular complexity index is 1020. The highest BCUT2D eigenvalue weighted by Crippen LogP contribution is 2.20. The second kappa shape index (κ2) is 7.13. The maximum atomic E-state index is 12.3. The average molecular weight is 410 g/mol. The minimum atomic E-state index is -0.176. The van der Waals surface area contributed by atoms with Crippen molar-refractivity contribution < 1.29 is 4.79 Å². The smallest absolute Gasteiger partial charge is 0.269 e. The predicted molar refractivity (Wildman–Crippen MR) is 103 cm³/mol. The first-order valence-corrected chi connectivity index (χ1v) is 9.00. The Hall–Kier alpha value is -2.93. The van der Waals surface area contributed by atoms with Crippen molar-refractivity contribution in [3.63, 3.8) is 0 Å². The van der Waals surface area contributed by atoms with E-state index >= 15 is 0 Å². The predicted octanol–water partition coefficient (Wildman–Crippen LogP) is 3.46. The van der Waals surface area contributed by atoms with Crippen LogP contribution in [0.3, 0.4) is 0 Å². The van der Waals surface area contributed by atoms with Crippen molar-refractivity contribution in [2.24, 2.45) is 0 Å². The van der Waals surface area contributed by atoms with Crippen LogP contribution in [0.1, 0.15) is 16.2 Å². The topological polar surface area (TPSA) is 75.1 Å². The highest BCUT2D eigenvalue weighted by atomic mass is 79.9. The molecule has 0 radical (unpaired) electrons. The zero-order chi connectivity index (χ0) is 17.9. The lowest BCUT2D eigenvalue weighted by atomic mass is 10.1. The summed E-state index contributed by atoms with van der Waals surface area (Å²) in [5.41, 5.74) is 3.98. The van der Waals surface area contributed by atoms with Gasteiger partial charge in [-0.25, -0.2) is 4.98 Å². The lowest BCUT2D eigenvalue weighted by molar-refractivity contribution is 0.0949. The zero-order valence-corrected chi connectivity index (χ0v) is 15.4. The number of nitrogens with one attached hydrogen (secondary N) is 2. The lowest BCUT2D eigenvalue weighted by Crippen LogP contribution is -2.26. The van der Waals surface area contributed by atoms with Gasteiger partial charge in [-0.3, -0.25) is 9.89 Å². The number of carbonyl (C=O) groups is 1. The number of hydrogen-bond donors (Lipinski definition) is 2. The number of aromatic amines is 1. The molecule has 0 atom stereocenters. The Labute approximate surface area is 158 Å². The van der Waals surface area contributed by atoms with Crippen LogP contribution in [0.25, 0.3) is 16.9 Å². The number of imidazole rings is 1. The Balaban J connectivity index is 1.37. The number of hydrogen-bond acceptors (Lipinski definition) is 3. The van der Waals surface area contributed by atoms with Crippen molar-refractivity contribution in [2.75, 3.05) is 6.54 Å². The van der Waals surface area contributed by atoms with E-state index in [2.05, 4.69) is 36.4 Å². The molecule has 130 valence electrons. The fraction of sp³-hybridized carbons (Fsp3) is 0.105. The van der Waals surface area contributed by atoms with E-state index in [0.717, 1.165) is 27.1 Å². The van der Waals surface area contributed by atoms with E-state index in [1.165, 1.54) is 0 Å². The van der Waals surface area contributed by atoms with Crippen molar-refractivity contribution in [1.82, 2.24) is 24.9 Å². The second-order valence-corrected chi connectivity index (χ2v) is 6.79. The molecule has 4 rings (SSSR count). The number of rotatable bonds is 5. The van der Waals surface area contributed by atoms with Gasteiger partial charge in [-0.1, -0.05) is 34.1 Å². The van der Waals surface area contributed by atoms with Gasteiger partial charge in [0.15, 0.2) is 0 Å². The number of carbonyl (C=O) groups excluding carboxylic acids is 1. The molecule has 0 aliphatic heterocycles. The molecule has 0 fully saturated rings. The molecule has 0 saturated carbocycles. The molecule has 0 saturated heterocycles. The van der Waals surface area contributed by atoms with Gasteiger partial charge >= 0.3 is 0 Å². The number of aromatic nitrogens is 4. The van der Waals surface area contributed by atoms with Gasteiger partial charge in [0.25, 0.3) is 5.91 Å². The summed E-state index contributed by atoms with van der Waals surface area (Å²) in [6.07, 6.45) is 4.60. The van der Waals surface area contributed by atoms with E-state index in [1.807, 2.05) is 59.3 Å². The molecule has 6 nitrogen and oxygen atoms in total. The SMILES string of the molecule is O=C(NCCc1cn2ccccc2n1)c1cc(-c2ccc(Br)cc2)n[nH]1. The Morgan fingerprint density at radius 1 is 1.19 bits per heavy atom. The minimum absolute atomic E-state index is 0.176. The molecule has 0 aliphatic rings. The van der Waals surface area contributed by atoms with Crippen molar-refractivity contribution in [2.45, 2.75) is 6.42 Å². The van der Waals surface area contributed by atoms with Gasteiger partial charge in [0, 0.05) is 35.4 Å². The highest BCUT2D eigenvalue weighted by molar-refractivity contribution is 9.10. The molecular weight excluding hydrogens is 394 g/mol. The molecule has 3 heterocycles. The van der Waals surface area contributed by atoms with E-state index in [4.69, 9.17) is 0 Å². The number of halogens is 1. The lowest BCUT2D eigenvalue weighted by Gasteiger charge is -2.01. The first kappa shape index (κ1) is 16.5. The maximum absolute atomic E-state index is 12.3. The molecule has 2 N–H and O–H groups in total. The number of pyridine rings is 1. The number of nitrogens with zero attached hydrogens (tertiary/aromatic N) is 3. The van der Waals surface area contributed by atoms with Gasteiger partial charge in [0.1, 0.15) is 11.3 Å². The molecule has 3 aromatic heterocycles. The molecule has 4 aromatic rings. The Morgan fingerprint density at radius 3 is 2.85 bits per heavy atom. The highest BCUT2D eigenvalue weighted by Gasteiger charge is 2.11. The Kier molecular flexibility index (Phi) is 4.53. The van der Waals surface area contributed by atoms with E-state index in [-0.39, 0.29) is 5.91 Å². The number of amides is 1. The van der Waals surface area contributed by atoms with Crippen LogP contribution in [0.15, 0.2) is 65.4 Å². The van der Waals surface area contributed by atoms with Crippen molar-refractivity contribution in [3.8, 4) is 11.3 Å².